The average Bonchev–Trinajstić information content (AvgIpc) is 2.75. The van der Waals surface area contributed by atoms with Gasteiger partial charge in [-0.25, -0.2) is 0 Å². The van der Waals surface area contributed by atoms with Crippen LogP contribution < -0.4 is 5.73 Å². The minimum Gasteiger partial charge on any atom is -0.368 e. The topological polar surface area (TPSA) is 85.4 Å². The third kappa shape index (κ3) is 2.49. The first-order chi connectivity index (χ1) is 9.31. The van der Waals surface area contributed by atoms with Crippen molar-refractivity contribution in [2.24, 2.45) is 12.8 Å². The lowest BCUT2D eigenvalue weighted by Gasteiger charge is -2.08. The van der Waals surface area contributed by atoms with Crippen molar-refractivity contribution < 1.29 is 14.4 Å². The van der Waals surface area contributed by atoms with E-state index >= 15 is 0 Å². The summed E-state index contributed by atoms with van der Waals surface area (Å²) in [5.74, 6) is -1.18. The molecule has 0 aliphatic carbocycles. The van der Waals surface area contributed by atoms with E-state index < -0.39 is 17.1 Å². The predicted octanol–water partition coefficient (Wildman–Crippen LogP) is 1.16. The van der Waals surface area contributed by atoms with Gasteiger partial charge < -0.3 is 10.3 Å². The summed E-state index contributed by atoms with van der Waals surface area (Å²) in [6.07, 6.45) is 1.67. The Hall–Kier alpha value is -2.02. The van der Waals surface area contributed by atoms with E-state index in [0.29, 0.717) is 4.91 Å². The van der Waals surface area contributed by atoms with Crippen molar-refractivity contribution in [3.63, 3.8) is 0 Å². The van der Waals surface area contributed by atoms with Crippen LogP contribution in [0.2, 0.25) is 0 Å². The Balaban J connectivity index is 2.32. The molecule has 0 saturated carbocycles. The van der Waals surface area contributed by atoms with Gasteiger partial charge >= 0.3 is 0 Å². The summed E-state index contributed by atoms with van der Waals surface area (Å²) in [5, 5.41) is -0.467. The molecule has 1 aromatic rings. The largest absolute Gasteiger partial charge is 0.368 e. The zero-order valence-corrected chi connectivity index (χ0v) is 12.3. The molecule has 2 N–H and O–H groups in total. The lowest BCUT2D eigenvalue weighted by Crippen LogP contribution is -2.36. The number of carbonyl (C=O) groups excluding carboxylic acids is 3. The Morgan fingerprint density at radius 2 is 2.05 bits per heavy atom. The summed E-state index contributed by atoms with van der Waals surface area (Å²) < 4.78 is 2.00. The molecule has 1 fully saturated rings. The van der Waals surface area contributed by atoms with Crippen LogP contribution in [0.1, 0.15) is 17.0 Å². The molecule has 0 bridgehead atoms. The number of imide groups is 1. The van der Waals surface area contributed by atoms with Gasteiger partial charge in [0.25, 0.3) is 11.1 Å². The third-order valence-electron chi connectivity index (χ3n) is 3.29. The molecule has 3 amide bonds. The molecule has 0 unspecified atom stereocenters. The van der Waals surface area contributed by atoms with E-state index in [9.17, 15) is 14.4 Å². The van der Waals surface area contributed by atoms with E-state index in [2.05, 4.69) is 0 Å². The van der Waals surface area contributed by atoms with Crippen LogP contribution in [-0.2, 0) is 16.6 Å². The maximum absolute atomic E-state index is 12.1. The van der Waals surface area contributed by atoms with Gasteiger partial charge in [-0.1, -0.05) is 0 Å². The lowest BCUT2D eigenvalue weighted by molar-refractivity contribution is -0.127. The van der Waals surface area contributed by atoms with Crippen LogP contribution in [0.25, 0.3) is 6.08 Å². The van der Waals surface area contributed by atoms with Crippen LogP contribution in [0, 0.1) is 13.8 Å². The number of nitrogens with two attached hydrogens (primary N) is 1. The molecule has 6 nitrogen and oxygen atoms in total. The van der Waals surface area contributed by atoms with E-state index in [1.165, 1.54) is 0 Å². The van der Waals surface area contributed by atoms with Gasteiger partial charge in [-0.05, 0) is 43.3 Å². The molecule has 20 heavy (non-hydrogen) atoms. The fraction of sp³-hybridized carbons (Fsp3) is 0.308. The SMILES string of the molecule is Cc1cc(/C=C2\SC(=O)N(CC(N)=O)C2=O)c(C)n1C. The number of rotatable bonds is 3. The van der Waals surface area contributed by atoms with Crippen LogP contribution in [0.3, 0.4) is 0 Å². The van der Waals surface area contributed by atoms with E-state index in [4.69, 9.17) is 5.73 Å². The number of aryl methyl sites for hydroxylation is 1. The van der Waals surface area contributed by atoms with Gasteiger partial charge in [0.15, 0.2) is 0 Å². The predicted molar refractivity (Wildman–Crippen MR) is 76.8 cm³/mol. The number of hydrogen-bond donors (Lipinski definition) is 1. The van der Waals surface area contributed by atoms with Crippen molar-refractivity contribution >= 4 is 34.9 Å². The molecule has 2 heterocycles. The van der Waals surface area contributed by atoms with Crippen molar-refractivity contribution in [3.8, 4) is 0 Å². The van der Waals surface area contributed by atoms with Crippen LogP contribution in [0.4, 0.5) is 4.79 Å². The van der Waals surface area contributed by atoms with Crippen LogP contribution in [0.15, 0.2) is 11.0 Å². The molecule has 0 radical (unpaired) electrons. The maximum atomic E-state index is 12.1. The van der Waals surface area contributed by atoms with Crippen LogP contribution >= 0.6 is 11.8 Å². The quantitative estimate of drug-likeness (QED) is 0.847. The van der Waals surface area contributed by atoms with Crippen molar-refractivity contribution in [1.82, 2.24) is 9.47 Å². The maximum Gasteiger partial charge on any atom is 0.294 e. The minimum absolute atomic E-state index is 0.310. The van der Waals surface area contributed by atoms with Crippen LogP contribution in [-0.4, -0.2) is 33.1 Å². The van der Waals surface area contributed by atoms with Gasteiger partial charge in [-0.15, -0.1) is 0 Å². The van der Waals surface area contributed by atoms with E-state index in [0.717, 1.165) is 33.6 Å². The summed E-state index contributed by atoms with van der Waals surface area (Å²) in [5.41, 5.74) is 7.97. The van der Waals surface area contributed by atoms with Crippen molar-refractivity contribution in [2.75, 3.05) is 6.54 Å². The number of primary amides is 1. The van der Waals surface area contributed by atoms with Gasteiger partial charge in [0.2, 0.25) is 5.91 Å². The number of thioether (sulfide) groups is 1. The van der Waals surface area contributed by atoms with Crippen LogP contribution in [0.5, 0.6) is 0 Å². The molecule has 0 atom stereocenters. The normalized spacial score (nSPS) is 17.4. The van der Waals surface area contributed by atoms with Gasteiger partial charge in [-0.3, -0.25) is 19.3 Å². The third-order valence-corrected chi connectivity index (χ3v) is 4.20. The van der Waals surface area contributed by atoms with Gasteiger partial charge in [0.05, 0.1) is 4.91 Å². The minimum atomic E-state index is -0.708. The number of amides is 3. The fourth-order valence-corrected chi connectivity index (χ4v) is 2.79. The first-order valence-corrected chi connectivity index (χ1v) is 6.79. The van der Waals surface area contributed by atoms with E-state index in [1.54, 1.807) is 6.08 Å². The fourth-order valence-electron chi connectivity index (χ4n) is 1.96. The number of aromatic nitrogens is 1. The second kappa shape index (κ2) is 5.16. The molecule has 106 valence electrons. The molecule has 1 aliphatic rings. The summed E-state index contributed by atoms with van der Waals surface area (Å²) in [6, 6.07) is 1.94. The summed E-state index contributed by atoms with van der Waals surface area (Å²) in [6.45, 7) is 3.52. The van der Waals surface area contributed by atoms with E-state index in [1.807, 2.05) is 31.5 Å². The average molecular weight is 293 g/mol. The molecular weight excluding hydrogens is 278 g/mol. The second-order valence-corrected chi connectivity index (χ2v) is 5.61. The zero-order chi connectivity index (χ0) is 15.0. The molecule has 0 spiro atoms. The smallest absolute Gasteiger partial charge is 0.294 e. The van der Waals surface area contributed by atoms with Gasteiger partial charge in [0.1, 0.15) is 6.54 Å². The lowest BCUT2D eigenvalue weighted by atomic mass is 10.2. The summed E-state index contributed by atoms with van der Waals surface area (Å²) >= 11 is 0.824. The second-order valence-electron chi connectivity index (χ2n) is 4.62. The number of carbonyl (C=O) groups is 3. The van der Waals surface area contributed by atoms with Crippen molar-refractivity contribution in [1.29, 1.82) is 0 Å². The Morgan fingerprint density at radius 3 is 2.55 bits per heavy atom. The molecule has 1 aliphatic heterocycles. The summed E-state index contributed by atoms with van der Waals surface area (Å²) in [4.78, 5) is 35.8. The number of nitrogens with zero attached hydrogens (tertiary/aromatic N) is 2. The highest BCUT2D eigenvalue weighted by Crippen LogP contribution is 2.32. The highest BCUT2D eigenvalue weighted by Gasteiger charge is 2.35. The first kappa shape index (κ1) is 14.4. The summed E-state index contributed by atoms with van der Waals surface area (Å²) in [7, 11) is 1.93. The first-order valence-electron chi connectivity index (χ1n) is 5.98. The number of hydrogen-bond acceptors (Lipinski definition) is 4. The van der Waals surface area contributed by atoms with E-state index in [-0.39, 0.29) is 6.54 Å². The standard InChI is InChI=1S/C13H15N3O3S/c1-7-4-9(8(2)15(7)3)5-10-12(18)16(6-11(14)17)13(19)20-10/h4-5H,6H2,1-3H3,(H2,14,17)/b10-5-. The Labute approximate surface area is 120 Å². The molecule has 1 saturated heterocycles. The van der Waals surface area contributed by atoms with Crippen molar-refractivity contribution in [2.45, 2.75) is 13.8 Å². The monoisotopic (exact) mass is 293 g/mol. The highest BCUT2D eigenvalue weighted by atomic mass is 32.2. The molecular formula is C13H15N3O3S. The zero-order valence-electron chi connectivity index (χ0n) is 11.5. The Kier molecular flexibility index (Phi) is 3.71. The molecule has 7 heteroatoms. The van der Waals surface area contributed by atoms with Gasteiger partial charge in [0, 0.05) is 18.4 Å². The Morgan fingerprint density at radius 1 is 1.40 bits per heavy atom. The molecule has 1 aromatic heterocycles. The molecule has 0 aromatic carbocycles. The molecule has 2 rings (SSSR count). The highest BCUT2D eigenvalue weighted by molar-refractivity contribution is 8.18. The van der Waals surface area contributed by atoms with Gasteiger partial charge in [-0.2, -0.15) is 0 Å². The Bertz CT molecular complexity index is 646. The van der Waals surface area contributed by atoms with Crippen molar-refractivity contribution in [3.05, 3.63) is 27.9 Å².